The molecule has 9 heteroatoms. The van der Waals surface area contributed by atoms with Crippen LogP contribution in [0.25, 0.3) is 0 Å². The van der Waals surface area contributed by atoms with E-state index in [1.54, 1.807) is 47.6 Å². The maximum atomic E-state index is 15.5. The van der Waals surface area contributed by atoms with Gasteiger partial charge in [-0.05, 0) is 69.0 Å². The first-order valence-corrected chi connectivity index (χ1v) is 11.5. The minimum atomic E-state index is -4.61. The van der Waals surface area contributed by atoms with Crippen LogP contribution in [0.4, 0.5) is 17.6 Å². The molecular weight excluding hydrogens is 464 g/mol. The van der Waals surface area contributed by atoms with E-state index < -0.39 is 35.4 Å². The van der Waals surface area contributed by atoms with Gasteiger partial charge in [0.2, 0.25) is 0 Å². The molecule has 0 unspecified atom stereocenters. The molecule has 2 aromatic rings. The first-order chi connectivity index (χ1) is 16.2. The Hall–Kier alpha value is -3.10. The summed E-state index contributed by atoms with van der Waals surface area (Å²) in [4.78, 5) is 14.6. The fourth-order valence-corrected chi connectivity index (χ4v) is 4.25. The minimum absolute atomic E-state index is 0.0124. The van der Waals surface area contributed by atoms with Crippen LogP contribution in [0.1, 0.15) is 80.1 Å². The molecule has 1 heterocycles. The van der Waals surface area contributed by atoms with Crippen molar-refractivity contribution in [3.63, 3.8) is 0 Å². The molecule has 35 heavy (non-hydrogen) atoms. The van der Waals surface area contributed by atoms with Crippen molar-refractivity contribution in [2.45, 2.75) is 59.2 Å². The molecule has 5 nitrogen and oxygen atoms in total. The molecule has 0 radical (unpaired) electrons. The van der Waals surface area contributed by atoms with Crippen LogP contribution >= 0.6 is 0 Å². The Morgan fingerprint density at radius 3 is 2.26 bits per heavy atom. The zero-order valence-electron chi connectivity index (χ0n) is 20.7. The third-order valence-electron chi connectivity index (χ3n) is 6.19. The summed E-state index contributed by atoms with van der Waals surface area (Å²) >= 11 is 0. The van der Waals surface area contributed by atoms with Gasteiger partial charge in [-0.2, -0.15) is 13.2 Å². The quantitative estimate of drug-likeness (QED) is 0.335. The van der Waals surface area contributed by atoms with E-state index in [1.165, 1.54) is 11.0 Å². The highest BCUT2D eigenvalue weighted by molar-refractivity contribution is 6.07. The van der Waals surface area contributed by atoms with E-state index in [1.807, 2.05) is 0 Å². The Morgan fingerprint density at radius 2 is 1.71 bits per heavy atom. The molecule has 1 N–H and O–H groups in total. The number of alkyl halides is 3. The SMILES string of the molecule is CCOc1cc2c(c(F)c1OCC)C(=N)N(CC(=O)c1cc(C(C)C)cc(C(F)(F)F)c1)C2(C)C. The number of hydrogen-bond acceptors (Lipinski definition) is 4. The smallest absolute Gasteiger partial charge is 0.416 e. The lowest BCUT2D eigenvalue weighted by molar-refractivity contribution is -0.137. The van der Waals surface area contributed by atoms with Gasteiger partial charge < -0.3 is 14.4 Å². The number of carbonyl (C=O) groups excluding carboxylic acids is 1. The van der Waals surface area contributed by atoms with E-state index in [0.29, 0.717) is 11.1 Å². The topological polar surface area (TPSA) is 62.6 Å². The number of ketones is 1. The van der Waals surface area contributed by atoms with Crippen LogP contribution in [0.5, 0.6) is 11.5 Å². The summed E-state index contributed by atoms with van der Waals surface area (Å²) < 4.78 is 66.9. The lowest BCUT2D eigenvalue weighted by Gasteiger charge is -2.33. The predicted molar refractivity (Wildman–Crippen MR) is 125 cm³/mol. The summed E-state index contributed by atoms with van der Waals surface area (Å²) in [6.45, 7) is 10.4. The molecule has 0 bridgehead atoms. The average molecular weight is 495 g/mol. The summed E-state index contributed by atoms with van der Waals surface area (Å²) in [7, 11) is 0. The number of halogens is 4. The second kappa shape index (κ2) is 9.51. The van der Waals surface area contributed by atoms with Crippen molar-refractivity contribution in [2.75, 3.05) is 19.8 Å². The van der Waals surface area contributed by atoms with Gasteiger partial charge in [0.25, 0.3) is 0 Å². The normalized spacial score (nSPS) is 14.9. The zero-order valence-corrected chi connectivity index (χ0v) is 20.7. The van der Waals surface area contributed by atoms with Crippen LogP contribution in [0, 0.1) is 11.2 Å². The van der Waals surface area contributed by atoms with Gasteiger partial charge in [0, 0.05) is 5.56 Å². The standard InChI is InChI=1S/C26H30F4N2O3/c1-7-34-20-12-18-21(22(27)23(20)35-8-2)24(31)32(25(18,5)6)13-19(33)16-9-15(14(3)4)10-17(11-16)26(28,29)30/h9-12,14,31H,7-8,13H2,1-6H3. The molecule has 190 valence electrons. The van der Waals surface area contributed by atoms with Crippen LogP contribution in [0.3, 0.4) is 0 Å². The highest BCUT2D eigenvalue weighted by atomic mass is 19.4. The second-order valence-corrected chi connectivity index (χ2v) is 9.22. The number of hydrogen-bond donors (Lipinski definition) is 1. The van der Waals surface area contributed by atoms with E-state index in [0.717, 1.165) is 12.1 Å². The number of nitrogens with zero attached hydrogens (tertiary/aromatic N) is 1. The molecule has 0 fully saturated rings. The number of rotatable bonds is 8. The third kappa shape index (κ3) is 4.86. The van der Waals surface area contributed by atoms with Gasteiger partial charge in [0.1, 0.15) is 5.84 Å². The molecule has 2 aromatic carbocycles. The Balaban J connectivity index is 2.04. The summed E-state index contributed by atoms with van der Waals surface area (Å²) in [6, 6.07) is 4.92. The van der Waals surface area contributed by atoms with Crippen LogP contribution < -0.4 is 9.47 Å². The van der Waals surface area contributed by atoms with Crippen molar-refractivity contribution < 1.29 is 31.8 Å². The molecule has 0 atom stereocenters. The summed E-state index contributed by atoms with van der Waals surface area (Å²) in [6.07, 6.45) is -4.61. The van der Waals surface area contributed by atoms with Crippen molar-refractivity contribution in [1.29, 1.82) is 5.41 Å². The van der Waals surface area contributed by atoms with Gasteiger partial charge in [-0.15, -0.1) is 0 Å². The van der Waals surface area contributed by atoms with E-state index in [9.17, 15) is 18.0 Å². The Kier molecular flexibility index (Phi) is 7.20. The minimum Gasteiger partial charge on any atom is -0.490 e. The molecule has 3 rings (SSSR count). The van der Waals surface area contributed by atoms with Gasteiger partial charge in [0.05, 0.1) is 36.4 Å². The highest BCUT2D eigenvalue weighted by Crippen LogP contribution is 2.46. The monoisotopic (exact) mass is 494 g/mol. The molecule has 0 amide bonds. The van der Waals surface area contributed by atoms with Crippen LogP contribution in [-0.2, 0) is 11.7 Å². The summed E-state index contributed by atoms with van der Waals surface area (Å²) in [5.41, 5.74) is -1.19. The van der Waals surface area contributed by atoms with E-state index in [4.69, 9.17) is 14.9 Å². The molecule has 0 saturated heterocycles. The van der Waals surface area contributed by atoms with Gasteiger partial charge in [0.15, 0.2) is 23.1 Å². The number of amidine groups is 1. The molecule has 0 aromatic heterocycles. The van der Waals surface area contributed by atoms with Gasteiger partial charge in [-0.3, -0.25) is 10.2 Å². The van der Waals surface area contributed by atoms with Gasteiger partial charge in [-0.1, -0.05) is 13.8 Å². The molecule has 0 saturated carbocycles. The lowest BCUT2D eigenvalue weighted by atomic mass is 9.92. The largest absolute Gasteiger partial charge is 0.490 e. The average Bonchev–Trinajstić information content (AvgIpc) is 2.95. The Morgan fingerprint density at radius 1 is 1.09 bits per heavy atom. The molecule has 1 aliphatic heterocycles. The highest BCUT2D eigenvalue weighted by Gasteiger charge is 2.45. The molecule has 0 spiro atoms. The van der Waals surface area contributed by atoms with Crippen LogP contribution in [-0.4, -0.2) is 36.3 Å². The maximum Gasteiger partial charge on any atom is 0.416 e. The lowest BCUT2D eigenvalue weighted by Crippen LogP contribution is -2.42. The number of ether oxygens (including phenoxy) is 2. The maximum absolute atomic E-state index is 15.5. The van der Waals surface area contributed by atoms with Crippen LogP contribution in [0.15, 0.2) is 24.3 Å². The summed E-state index contributed by atoms with van der Waals surface area (Å²) in [5.74, 6) is -1.74. The Labute approximate surface area is 202 Å². The van der Waals surface area contributed by atoms with E-state index in [-0.39, 0.29) is 47.6 Å². The first kappa shape index (κ1) is 26.5. The third-order valence-corrected chi connectivity index (χ3v) is 6.19. The number of nitrogens with one attached hydrogen (secondary N) is 1. The number of Topliss-reactive ketones (excluding diaryl/α,β-unsaturated/α-hetero) is 1. The van der Waals surface area contributed by atoms with Crippen molar-refractivity contribution in [2.24, 2.45) is 0 Å². The van der Waals surface area contributed by atoms with E-state index in [2.05, 4.69) is 0 Å². The van der Waals surface area contributed by atoms with Crippen LogP contribution in [0.2, 0.25) is 0 Å². The molecular formula is C26H30F4N2O3. The van der Waals surface area contributed by atoms with Crippen molar-refractivity contribution in [1.82, 2.24) is 4.90 Å². The number of fused-ring (bicyclic) bond motifs is 1. The fraction of sp³-hybridized carbons (Fsp3) is 0.462. The molecule has 0 aliphatic carbocycles. The first-order valence-electron chi connectivity index (χ1n) is 11.5. The van der Waals surface area contributed by atoms with E-state index >= 15 is 4.39 Å². The fourth-order valence-electron chi connectivity index (χ4n) is 4.25. The number of carbonyl (C=O) groups is 1. The number of benzene rings is 2. The Bertz CT molecular complexity index is 1160. The van der Waals surface area contributed by atoms with Gasteiger partial charge in [-0.25, -0.2) is 4.39 Å². The second-order valence-electron chi connectivity index (χ2n) is 9.22. The predicted octanol–water partition coefficient (Wildman–Crippen LogP) is 6.52. The van der Waals surface area contributed by atoms with Crippen molar-refractivity contribution in [3.05, 3.63) is 57.9 Å². The zero-order chi connectivity index (χ0) is 26.3. The van der Waals surface area contributed by atoms with Crippen molar-refractivity contribution in [3.8, 4) is 11.5 Å². The summed E-state index contributed by atoms with van der Waals surface area (Å²) in [5, 5.41) is 8.65. The molecule has 1 aliphatic rings. The van der Waals surface area contributed by atoms with Crippen molar-refractivity contribution >= 4 is 11.6 Å². The van der Waals surface area contributed by atoms with Gasteiger partial charge >= 0.3 is 6.18 Å².